The van der Waals surface area contributed by atoms with Gasteiger partial charge in [-0.15, -0.1) is 0 Å². The molecule has 0 bridgehead atoms. The molecule has 1 saturated heterocycles. The lowest BCUT2D eigenvalue weighted by Gasteiger charge is -2.21. The molecule has 4 nitrogen and oxygen atoms in total. The van der Waals surface area contributed by atoms with Gasteiger partial charge in [-0.05, 0) is 42.9 Å². The monoisotopic (exact) mass is 259 g/mol. The van der Waals surface area contributed by atoms with Crippen molar-refractivity contribution in [3.05, 3.63) is 23.8 Å². The molecule has 2 aliphatic rings. The smallest absolute Gasteiger partial charge is 0.251 e. The van der Waals surface area contributed by atoms with Gasteiger partial charge in [0.05, 0.1) is 11.4 Å². The topological polar surface area (TPSA) is 58.4 Å². The molecule has 2 unspecified atom stereocenters. The summed E-state index contributed by atoms with van der Waals surface area (Å²) in [6.07, 6.45) is 4.10. The minimum absolute atomic E-state index is 0.0865. The van der Waals surface area contributed by atoms with Crippen LogP contribution in [-0.4, -0.2) is 26.0 Å². The summed E-state index contributed by atoms with van der Waals surface area (Å²) in [5.41, 5.74) is 8.54. The number of nitrogens with two attached hydrogens (primary N) is 1. The Morgan fingerprint density at radius 2 is 2.00 bits per heavy atom. The first kappa shape index (κ1) is 12.3. The molecule has 19 heavy (non-hydrogen) atoms. The molecule has 2 fully saturated rings. The van der Waals surface area contributed by atoms with Crippen LogP contribution in [0.2, 0.25) is 0 Å². The maximum Gasteiger partial charge on any atom is 0.251 e. The minimum atomic E-state index is -0.0865. The Balaban J connectivity index is 1.80. The number of rotatable bonds is 2. The Hall–Kier alpha value is -1.71. The van der Waals surface area contributed by atoms with Gasteiger partial charge in [-0.25, -0.2) is 0 Å². The van der Waals surface area contributed by atoms with Gasteiger partial charge in [0.2, 0.25) is 0 Å². The Bertz CT molecular complexity index is 488. The molecule has 102 valence electrons. The highest BCUT2D eigenvalue weighted by atomic mass is 16.1. The van der Waals surface area contributed by atoms with Gasteiger partial charge in [-0.3, -0.25) is 4.79 Å². The van der Waals surface area contributed by atoms with Crippen LogP contribution in [0.15, 0.2) is 18.2 Å². The first-order valence-electron chi connectivity index (χ1n) is 7.05. The van der Waals surface area contributed by atoms with Crippen LogP contribution in [0.4, 0.5) is 11.4 Å². The summed E-state index contributed by atoms with van der Waals surface area (Å²) in [6.45, 7) is 2.24. The predicted molar refractivity (Wildman–Crippen MR) is 77.3 cm³/mol. The van der Waals surface area contributed by atoms with Crippen molar-refractivity contribution in [2.45, 2.75) is 19.3 Å². The number of amides is 1. The maximum absolute atomic E-state index is 11.6. The van der Waals surface area contributed by atoms with Crippen LogP contribution >= 0.6 is 0 Å². The van der Waals surface area contributed by atoms with E-state index in [4.69, 9.17) is 5.73 Å². The minimum Gasteiger partial charge on any atom is -0.397 e. The van der Waals surface area contributed by atoms with Gasteiger partial charge in [0, 0.05) is 25.7 Å². The molecule has 1 aromatic carbocycles. The fourth-order valence-corrected chi connectivity index (χ4v) is 3.56. The van der Waals surface area contributed by atoms with Gasteiger partial charge >= 0.3 is 0 Å². The summed E-state index contributed by atoms with van der Waals surface area (Å²) >= 11 is 0. The lowest BCUT2D eigenvalue weighted by molar-refractivity contribution is 0.0963. The Kier molecular flexibility index (Phi) is 3.09. The Morgan fingerprint density at radius 1 is 1.32 bits per heavy atom. The summed E-state index contributed by atoms with van der Waals surface area (Å²) < 4.78 is 0. The molecular formula is C15H21N3O. The lowest BCUT2D eigenvalue weighted by Crippen LogP contribution is -2.23. The van der Waals surface area contributed by atoms with Gasteiger partial charge in [0.15, 0.2) is 0 Å². The molecule has 1 aliphatic heterocycles. The van der Waals surface area contributed by atoms with E-state index in [1.807, 2.05) is 12.1 Å². The zero-order valence-corrected chi connectivity index (χ0v) is 11.4. The second kappa shape index (κ2) is 4.76. The molecule has 1 saturated carbocycles. The molecule has 1 heterocycles. The van der Waals surface area contributed by atoms with E-state index in [0.717, 1.165) is 30.6 Å². The highest BCUT2D eigenvalue weighted by molar-refractivity contribution is 5.96. The summed E-state index contributed by atoms with van der Waals surface area (Å²) in [6, 6.07) is 5.63. The van der Waals surface area contributed by atoms with Crippen LogP contribution in [0.3, 0.4) is 0 Å². The third-order valence-electron chi connectivity index (χ3n) is 4.58. The first-order chi connectivity index (χ1) is 9.19. The van der Waals surface area contributed by atoms with Crippen LogP contribution in [0.1, 0.15) is 29.6 Å². The highest BCUT2D eigenvalue weighted by Gasteiger charge is 2.36. The van der Waals surface area contributed by atoms with Crippen LogP contribution in [0.5, 0.6) is 0 Å². The van der Waals surface area contributed by atoms with Gasteiger partial charge in [0.25, 0.3) is 5.91 Å². The molecule has 2 atom stereocenters. The fraction of sp³-hybridized carbons (Fsp3) is 0.533. The summed E-state index contributed by atoms with van der Waals surface area (Å²) in [4.78, 5) is 14.0. The summed E-state index contributed by atoms with van der Waals surface area (Å²) in [5, 5.41) is 2.62. The molecule has 0 aromatic heterocycles. The first-order valence-corrected chi connectivity index (χ1v) is 7.05. The molecule has 0 spiro atoms. The average molecular weight is 259 g/mol. The van der Waals surface area contributed by atoms with E-state index in [1.54, 1.807) is 13.1 Å². The number of carbonyl (C=O) groups excluding carboxylic acids is 1. The van der Waals surface area contributed by atoms with E-state index in [1.165, 1.54) is 19.3 Å². The van der Waals surface area contributed by atoms with E-state index in [2.05, 4.69) is 10.2 Å². The van der Waals surface area contributed by atoms with Crippen molar-refractivity contribution >= 4 is 17.3 Å². The van der Waals surface area contributed by atoms with Crippen molar-refractivity contribution in [1.82, 2.24) is 5.32 Å². The van der Waals surface area contributed by atoms with Crippen molar-refractivity contribution in [2.24, 2.45) is 11.8 Å². The van der Waals surface area contributed by atoms with Crippen molar-refractivity contribution in [3.8, 4) is 0 Å². The second-order valence-electron chi connectivity index (χ2n) is 5.71. The number of hydrogen-bond donors (Lipinski definition) is 2. The van der Waals surface area contributed by atoms with Crippen molar-refractivity contribution in [3.63, 3.8) is 0 Å². The molecule has 4 heteroatoms. The number of nitrogens with one attached hydrogen (secondary N) is 1. The molecule has 1 aromatic rings. The highest BCUT2D eigenvalue weighted by Crippen LogP contribution is 2.40. The third-order valence-corrected chi connectivity index (χ3v) is 4.58. The van der Waals surface area contributed by atoms with Crippen LogP contribution in [0.25, 0.3) is 0 Å². The Morgan fingerprint density at radius 3 is 2.58 bits per heavy atom. The zero-order valence-electron chi connectivity index (χ0n) is 11.4. The molecule has 3 N–H and O–H groups in total. The molecule has 0 radical (unpaired) electrons. The third kappa shape index (κ3) is 2.15. The lowest BCUT2D eigenvalue weighted by atomic mass is 10.0. The standard InChI is InChI=1S/C15H21N3O/c1-17-15(19)10-5-6-14(13(16)7-10)18-8-11-3-2-4-12(11)9-18/h5-7,11-12H,2-4,8-9,16H2,1H3,(H,17,19). The van der Waals surface area contributed by atoms with E-state index in [9.17, 15) is 4.79 Å². The number of anilines is 2. The number of carbonyl (C=O) groups is 1. The second-order valence-corrected chi connectivity index (χ2v) is 5.71. The maximum atomic E-state index is 11.6. The van der Waals surface area contributed by atoms with E-state index in [0.29, 0.717) is 11.3 Å². The van der Waals surface area contributed by atoms with Crippen LogP contribution < -0.4 is 16.0 Å². The Labute approximate surface area is 114 Å². The van der Waals surface area contributed by atoms with E-state index in [-0.39, 0.29) is 5.91 Å². The van der Waals surface area contributed by atoms with E-state index < -0.39 is 0 Å². The van der Waals surface area contributed by atoms with Crippen LogP contribution in [0, 0.1) is 11.8 Å². The van der Waals surface area contributed by atoms with Gasteiger partial charge < -0.3 is 16.0 Å². The largest absolute Gasteiger partial charge is 0.397 e. The van der Waals surface area contributed by atoms with Gasteiger partial charge in [0.1, 0.15) is 0 Å². The molecule has 1 aliphatic carbocycles. The quantitative estimate of drug-likeness (QED) is 0.797. The number of hydrogen-bond acceptors (Lipinski definition) is 3. The zero-order chi connectivity index (χ0) is 13.4. The summed E-state index contributed by atoms with van der Waals surface area (Å²) in [7, 11) is 1.63. The van der Waals surface area contributed by atoms with Gasteiger partial charge in [-0.2, -0.15) is 0 Å². The number of fused-ring (bicyclic) bond motifs is 1. The number of nitrogens with zero attached hydrogens (tertiary/aromatic N) is 1. The number of benzene rings is 1. The van der Waals surface area contributed by atoms with E-state index >= 15 is 0 Å². The van der Waals surface area contributed by atoms with Gasteiger partial charge in [-0.1, -0.05) is 6.42 Å². The molecule has 1 amide bonds. The molecule has 3 rings (SSSR count). The van der Waals surface area contributed by atoms with Crippen molar-refractivity contribution < 1.29 is 4.79 Å². The average Bonchev–Trinajstić information content (AvgIpc) is 2.98. The van der Waals surface area contributed by atoms with Crippen molar-refractivity contribution in [2.75, 3.05) is 30.8 Å². The normalized spacial score (nSPS) is 25.4. The van der Waals surface area contributed by atoms with Crippen LogP contribution in [-0.2, 0) is 0 Å². The molecular weight excluding hydrogens is 238 g/mol. The SMILES string of the molecule is CNC(=O)c1ccc(N2CC3CCCC3C2)c(N)c1. The predicted octanol–water partition coefficient (Wildman–Crippen LogP) is 1.86. The number of nitrogen functional groups attached to an aromatic ring is 1. The van der Waals surface area contributed by atoms with Crippen molar-refractivity contribution in [1.29, 1.82) is 0 Å². The fourth-order valence-electron chi connectivity index (χ4n) is 3.56. The summed E-state index contributed by atoms with van der Waals surface area (Å²) in [5.74, 6) is 1.60.